The Kier molecular flexibility index (Phi) is 5.52. The van der Waals surface area contributed by atoms with Crippen LogP contribution in [0.2, 0.25) is 0 Å². The van der Waals surface area contributed by atoms with Crippen LogP contribution in [-0.4, -0.2) is 46.5 Å². The number of hydrogen-bond acceptors (Lipinski definition) is 5. The Morgan fingerprint density at radius 2 is 1.92 bits per heavy atom. The summed E-state index contributed by atoms with van der Waals surface area (Å²) in [4.78, 5) is 26.6. The van der Waals surface area contributed by atoms with E-state index in [1.54, 1.807) is 0 Å². The molecule has 1 N–H and O–H groups in total. The van der Waals surface area contributed by atoms with Crippen LogP contribution in [-0.2, 0) is 5.75 Å². The van der Waals surface area contributed by atoms with Crippen LogP contribution in [0.3, 0.4) is 0 Å². The maximum atomic E-state index is 12.7. The number of benzene rings is 1. The van der Waals surface area contributed by atoms with Gasteiger partial charge in [0.1, 0.15) is 11.3 Å². The second-order valence-corrected chi connectivity index (χ2v) is 7.49. The Labute approximate surface area is 148 Å². The molecule has 3 rings (SSSR count). The molecule has 1 aliphatic heterocycles. The summed E-state index contributed by atoms with van der Waals surface area (Å²) in [6.07, 6.45) is 1.38. The van der Waals surface area contributed by atoms with Crippen molar-refractivity contribution in [3.63, 3.8) is 0 Å². The summed E-state index contributed by atoms with van der Waals surface area (Å²) in [6.45, 7) is 1.54. The van der Waals surface area contributed by atoms with Gasteiger partial charge in [0.05, 0.1) is 17.6 Å². The lowest BCUT2D eigenvalue weighted by Crippen LogP contribution is -2.38. The number of thioether (sulfide) groups is 2. The highest BCUT2D eigenvalue weighted by Crippen LogP contribution is 2.29. The average molecular weight is 363 g/mol. The zero-order valence-electron chi connectivity index (χ0n) is 12.9. The number of carboxylic acid groups (broad SMARTS) is 1. The van der Waals surface area contributed by atoms with Crippen LogP contribution in [0.5, 0.6) is 0 Å². The molecular formula is C17H17NO4S2. The van der Waals surface area contributed by atoms with E-state index in [1.165, 1.54) is 24.1 Å². The summed E-state index contributed by atoms with van der Waals surface area (Å²) in [6, 6.07) is 8.89. The van der Waals surface area contributed by atoms with Gasteiger partial charge in [0.25, 0.3) is 5.91 Å². The molecule has 1 aromatic carbocycles. The molecule has 1 aromatic heterocycles. The van der Waals surface area contributed by atoms with Crippen LogP contribution in [0.4, 0.5) is 0 Å². The molecule has 1 saturated heterocycles. The lowest BCUT2D eigenvalue weighted by atomic mass is 10.2. The van der Waals surface area contributed by atoms with E-state index in [9.17, 15) is 9.59 Å². The van der Waals surface area contributed by atoms with Gasteiger partial charge in [0.2, 0.25) is 0 Å². The highest BCUT2D eigenvalue weighted by molar-refractivity contribution is 7.99. The van der Waals surface area contributed by atoms with Crippen LogP contribution in [0, 0.1) is 0 Å². The van der Waals surface area contributed by atoms with Crippen LogP contribution in [0.1, 0.15) is 26.5 Å². The molecule has 7 heteroatoms. The molecule has 1 fully saturated rings. The van der Waals surface area contributed by atoms with Crippen molar-refractivity contribution in [2.75, 3.05) is 24.6 Å². The highest BCUT2D eigenvalue weighted by Gasteiger charge is 2.21. The Bertz CT molecular complexity index is 738. The molecule has 0 atom stereocenters. The Balaban J connectivity index is 1.75. The molecule has 0 radical (unpaired) electrons. The van der Waals surface area contributed by atoms with Gasteiger partial charge in [-0.3, -0.25) is 4.79 Å². The van der Waals surface area contributed by atoms with Gasteiger partial charge >= 0.3 is 5.97 Å². The molecule has 0 aliphatic carbocycles. The van der Waals surface area contributed by atoms with Crippen molar-refractivity contribution < 1.29 is 19.1 Å². The standard InChI is InChI=1S/C17H17NO4S2/c19-16(18-6-9-23-10-7-18)13-3-1-2-4-15(13)24-11-14-12(17(20)21)5-8-22-14/h1-5,8H,6-7,9-11H2,(H,20,21). The van der Waals surface area contributed by atoms with Crippen LogP contribution >= 0.6 is 23.5 Å². The summed E-state index contributed by atoms with van der Waals surface area (Å²) in [5, 5.41) is 9.13. The number of hydrogen-bond donors (Lipinski definition) is 1. The smallest absolute Gasteiger partial charge is 0.339 e. The molecule has 0 saturated carbocycles. The first kappa shape index (κ1) is 17.0. The second kappa shape index (κ2) is 7.81. The number of amides is 1. The van der Waals surface area contributed by atoms with Gasteiger partial charge in [0.15, 0.2) is 0 Å². The third-order valence-corrected chi connectivity index (χ3v) is 5.77. The predicted molar refractivity (Wildman–Crippen MR) is 94.9 cm³/mol. The first-order valence-electron chi connectivity index (χ1n) is 7.55. The highest BCUT2D eigenvalue weighted by atomic mass is 32.2. The van der Waals surface area contributed by atoms with Gasteiger partial charge in [-0.1, -0.05) is 12.1 Å². The predicted octanol–water partition coefficient (Wildman–Crippen LogP) is 3.46. The Morgan fingerprint density at radius 1 is 1.17 bits per heavy atom. The van der Waals surface area contributed by atoms with Crippen LogP contribution in [0.25, 0.3) is 0 Å². The molecule has 1 amide bonds. The van der Waals surface area contributed by atoms with E-state index in [0.29, 0.717) is 17.1 Å². The molecule has 1 aliphatic rings. The molecule has 5 nitrogen and oxygen atoms in total. The maximum Gasteiger partial charge on any atom is 0.339 e. The van der Waals surface area contributed by atoms with Gasteiger partial charge < -0.3 is 14.4 Å². The maximum absolute atomic E-state index is 12.7. The first-order chi connectivity index (χ1) is 11.7. The number of carbonyl (C=O) groups excluding carboxylic acids is 1. The van der Waals surface area contributed by atoms with E-state index in [1.807, 2.05) is 40.9 Å². The normalized spacial score (nSPS) is 14.6. The fraction of sp³-hybridized carbons (Fsp3) is 0.294. The lowest BCUT2D eigenvalue weighted by molar-refractivity contribution is 0.0693. The van der Waals surface area contributed by atoms with E-state index in [-0.39, 0.29) is 11.5 Å². The van der Waals surface area contributed by atoms with E-state index in [2.05, 4.69) is 0 Å². The number of aromatic carboxylic acids is 1. The van der Waals surface area contributed by atoms with Crippen molar-refractivity contribution in [1.29, 1.82) is 0 Å². The minimum Gasteiger partial charge on any atom is -0.478 e. The fourth-order valence-corrected chi connectivity index (χ4v) is 4.39. The molecular weight excluding hydrogens is 346 g/mol. The molecule has 0 spiro atoms. The van der Waals surface area contributed by atoms with Gasteiger partial charge in [-0.25, -0.2) is 4.79 Å². The van der Waals surface area contributed by atoms with E-state index in [0.717, 1.165) is 29.5 Å². The van der Waals surface area contributed by atoms with Crippen molar-refractivity contribution in [2.24, 2.45) is 0 Å². The first-order valence-corrected chi connectivity index (χ1v) is 9.69. The quantitative estimate of drug-likeness (QED) is 0.821. The van der Waals surface area contributed by atoms with Crippen molar-refractivity contribution in [3.8, 4) is 0 Å². The Morgan fingerprint density at radius 3 is 2.67 bits per heavy atom. The number of carboxylic acids is 1. The lowest BCUT2D eigenvalue weighted by Gasteiger charge is -2.27. The number of furan rings is 1. The van der Waals surface area contributed by atoms with Crippen LogP contribution < -0.4 is 0 Å². The number of carbonyl (C=O) groups is 2. The van der Waals surface area contributed by atoms with Crippen molar-refractivity contribution in [3.05, 3.63) is 53.5 Å². The summed E-state index contributed by atoms with van der Waals surface area (Å²) in [5.41, 5.74) is 0.831. The minimum absolute atomic E-state index is 0.0382. The van der Waals surface area contributed by atoms with Crippen LogP contribution in [0.15, 0.2) is 45.9 Å². The SMILES string of the molecule is O=C(O)c1ccoc1CSc1ccccc1C(=O)N1CCSCC1. The topological polar surface area (TPSA) is 70.7 Å². The van der Waals surface area contributed by atoms with Gasteiger partial charge in [-0.2, -0.15) is 11.8 Å². The third-order valence-electron chi connectivity index (χ3n) is 3.75. The molecule has 24 heavy (non-hydrogen) atoms. The minimum atomic E-state index is -1.01. The van der Waals surface area contributed by atoms with Gasteiger partial charge in [0, 0.05) is 29.5 Å². The average Bonchev–Trinajstić information content (AvgIpc) is 3.09. The monoisotopic (exact) mass is 363 g/mol. The van der Waals surface area contributed by atoms with E-state index in [4.69, 9.17) is 9.52 Å². The third kappa shape index (κ3) is 3.79. The van der Waals surface area contributed by atoms with Crippen molar-refractivity contribution >= 4 is 35.4 Å². The number of rotatable bonds is 5. The molecule has 0 unspecified atom stereocenters. The molecule has 2 heterocycles. The molecule has 2 aromatic rings. The molecule has 0 bridgehead atoms. The molecule has 126 valence electrons. The number of nitrogens with zero attached hydrogens (tertiary/aromatic N) is 1. The Hall–Kier alpha value is -1.86. The van der Waals surface area contributed by atoms with E-state index < -0.39 is 5.97 Å². The largest absolute Gasteiger partial charge is 0.478 e. The summed E-state index contributed by atoms with van der Waals surface area (Å²) >= 11 is 3.28. The zero-order valence-corrected chi connectivity index (χ0v) is 14.6. The fourth-order valence-electron chi connectivity index (χ4n) is 2.49. The van der Waals surface area contributed by atoms with Gasteiger partial charge in [-0.05, 0) is 18.2 Å². The van der Waals surface area contributed by atoms with E-state index >= 15 is 0 Å². The summed E-state index contributed by atoms with van der Waals surface area (Å²) in [7, 11) is 0. The zero-order chi connectivity index (χ0) is 16.9. The summed E-state index contributed by atoms with van der Waals surface area (Å²) < 4.78 is 5.26. The second-order valence-electron chi connectivity index (χ2n) is 5.25. The van der Waals surface area contributed by atoms with Gasteiger partial charge in [-0.15, -0.1) is 11.8 Å². The van der Waals surface area contributed by atoms with Crippen molar-refractivity contribution in [1.82, 2.24) is 4.90 Å². The summed E-state index contributed by atoms with van der Waals surface area (Å²) in [5.74, 6) is 1.74. The van der Waals surface area contributed by atoms with Crippen molar-refractivity contribution in [2.45, 2.75) is 10.6 Å².